The van der Waals surface area contributed by atoms with Gasteiger partial charge in [-0.05, 0) is 54.9 Å². The molecule has 0 heterocycles. The lowest BCUT2D eigenvalue weighted by molar-refractivity contribution is -0.368. The molecule has 22 heteroatoms. The van der Waals surface area contributed by atoms with E-state index in [0.717, 1.165) is 0 Å². The van der Waals surface area contributed by atoms with Gasteiger partial charge in [0.1, 0.15) is 42.0 Å². The molecule has 0 radical (unpaired) electrons. The first kappa shape index (κ1) is 52.5. The zero-order valence-electron chi connectivity index (χ0n) is 35.3. The molecule has 18 N–H and O–H groups in total. The number of phenolic OH excluding ortho intramolecular Hbond substituents is 1. The highest BCUT2D eigenvalue weighted by Crippen LogP contribution is 2.13. The number of aliphatic hydroxyl groups excluding tert-OH is 1. The Balaban J connectivity index is 2.44. The smallest absolute Gasteiger partial charge is 0.326 e. The second kappa shape index (κ2) is 26.6. The van der Waals surface area contributed by atoms with Gasteiger partial charge < -0.3 is 70.2 Å². The highest BCUT2D eigenvalue weighted by atomic mass is 16.4. The number of nitrogens with two attached hydrogens (primary N) is 3. The quantitative estimate of drug-likeness (QED) is 0.0360. The van der Waals surface area contributed by atoms with E-state index in [1.165, 1.54) is 24.3 Å². The summed E-state index contributed by atoms with van der Waals surface area (Å²) >= 11 is 0. The van der Waals surface area contributed by atoms with Gasteiger partial charge in [-0.15, -0.1) is 0 Å². The van der Waals surface area contributed by atoms with Gasteiger partial charge in [0.2, 0.25) is 47.3 Å². The average Bonchev–Trinajstić information content (AvgIpc) is 3.22. The van der Waals surface area contributed by atoms with Crippen LogP contribution in [0, 0.1) is 5.92 Å². The number of aliphatic hydroxyl groups is 1. The molecule has 2 rings (SSSR count). The Labute approximate surface area is 364 Å². The lowest BCUT2D eigenvalue weighted by Gasteiger charge is -2.27. The number of amides is 8. The van der Waals surface area contributed by atoms with Crippen molar-refractivity contribution in [1.29, 1.82) is 0 Å². The molecule has 0 spiro atoms. The number of aromatic hydroxyl groups is 1. The molecule has 0 fully saturated rings. The van der Waals surface area contributed by atoms with E-state index in [1.54, 1.807) is 44.2 Å². The van der Waals surface area contributed by atoms with Gasteiger partial charge in [0, 0.05) is 19.3 Å². The number of hydrogen-bond acceptors (Lipinski definition) is 12. The van der Waals surface area contributed by atoms with Gasteiger partial charge in [-0.2, -0.15) is 0 Å². The fourth-order valence-corrected chi connectivity index (χ4v) is 6.12. The van der Waals surface area contributed by atoms with E-state index in [1.807, 2.05) is 0 Å². The second-order valence-corrected chi connectivity index (χ2v) is 15.2. The van der Waals surface area contributed by atoms with E-state index >= 15 is 0 Å². The number of carboxylic acid groups (broad SMARTS) is 1. The van der Waals surface area contributed by atoms with Gasteiger partial charge in [-0.1, -0.05) is 56.3 Å². The molecule has 0 saturated carbocycles. The van der Waals surface area contributed by atoms with Crippen LogP contribution in [0.4, 0.5) is 0 Å². The lowest BCUT2D eigenvalue weighted by Crippen LogP contribution is -2.61. The SMILES string of the molecule is CC(C)[C@H](NC(=O)[C@H](CO)NC(=O)[C@H](Cc1ccccc1)NC(=O)[C@H](CCC(N)=O)NC(=O)[C@H](CCCC[NH3+])NC(=O)[C@H](Cc1ccc(O)cc1)NC(=O)[C@@H](N)CC(N)=O)C(=O)O. The van der Waals surface area contributed by atoms with Gasteiger partial charge in [-0.25, -0.2) is 4.79 Å². The number of hydrogen-bond donors (Lipinski definition) is 13. The number of rotatable bonds is 28. The molecule has 0 bridgehead atoms. The van der Waals surface area contributed by atoms with E-state index in [2.05, 4.69) is 37.6 Å². The van der Waals surface area contributed by atoms with Crippen molar-refractivity contribution in [2.75, 3.05) is 13.2 Å². The van der Waals surface area contributed by atoms with Crippen LogP contribution in [-0.2, 0) is 56.0 Å². The highest BCUT2D eigenvalue weighted by molar-refractivity contribution is 5.97. The molecule has 0 aliphatic rings. The fourth-order valence-electron chi connectivity index (χ4n) is 6.12. The molecule has 22 nitrogen and oxygen atoms in total. The van der Waals surface area contributed by atoms with Crippen molar-refractivity contribution in [2.45, 2.75) is 108 Å². The van der Waals surface area contributed by atoms with E-state index in [9.17, 15) is 58.5 Å². The van der Waals surface area contributed by atoms with Crippen molar-refractivity contribution in [3.8, 4) is 5.75 Å². The van der Waals surface area contributed by atoms with Crippen LogP contribution < -0.4 is 54.8 Å². The van der Waals surface area contributed by atoms with Crippen molar-refractivity contribution >= 4 is 53.2 Å². The molecule has 0 aliphatic heterocycles. The predicted molar refractivity (Wildman–Crippen MR) is 225 cm³/mol. The molecule has 0 aliphatic carbocycles. The Morgan fingerprint density at radius 3 is 1.54 bits per heavy atom. The molecule has 0 unspecified atom stereocenters. The third-order valence-corrected chi connectivity index (χ3v) is 9.67. The van der Waals surface area contributed by atoms with Crippen LogP contribution >= 0.6 is 0 Å². The third-order valence-electron chi connectivity index (χ3n) is 9.67. The molecule has 346 valence electrons. The van der Waals surface area contributed by atoms with Crippen molar-refractivity contribution in [2.24, 2.45) is 23.1 Å². The molecular weight excluding hydrogens is 825 g/mol. The monoisotopic (exact) mass is 885 g/mol. The lowest BCUT2D eigenvalue weighted by atomic mass is 10.0. The first-order chi connectivity index (χ1) is 29.7. The molecule has 2 aromatic rings. The summed E-state index contributed by atoms with van der Waals surface area (Å²) in [5.41, 5.74) is 21.2. The Kier molecular flexibility index (Phi) is 22.2. The van der Waals surface area contributed by atoms with E-state index in [4.69, 9.17) is 17.2 Å². The zero-order chi connectivity index (χ0) is 47.2. The number of carbonyl (C=O) groups is 9. The number of primary amides is 2. The van der Waals surface area contributed by atoms with Crippen molar-refractivity contribution in [3.63, 3.8) is 0 Å². The first-order valence-electron chi connectivity index (χ1n) is 20.3. The number of nitrogens with one attached hydrogen (secondary N) is 6. The van der Waals surface area contributed by atoms with Gasteiger partial charge in [0.25, 0.3) is 0 Å². The molecular formula is C41H61N10O12+. The summed E-state index contributed by atoms with van der Waals surface area (Å²) < 4.78 is 0. The minimum absolute atomic E-state index is 0.0154. The summed E-state index contributed by atoms with van der Waals surface area (Å²) in [6, 6.07) is 3.94. The number of benzene rings is 2. The van der Waals surface area contributed by atoms with Crippen molar-refractivity contribution in [3.05, 3.63) is 65.7 Å². The number of unbranched alkanes of at least 4 members (excludes halogenated alkanes) is 1. The van der Waals surface area contributed by atoms with Crippen LogP contribution in [-0.4, -0.2) is 124 Å². The van der Waals surface area contributed by atoms with Crippen LogP contribution in [0.1, 0.15) is 63.5 Å². The maximum absolute atomic E-state index is 14.0. The van der Waals surface area contributed by atoms with Crippen LogP contribution in [0.15, 0.2) is 54.6 Å². The molecule has 8 amide bonds. The standard InChI is InChI=1S/C41H60N10O12/c1-22(2)34(41(62)63)51-40(61)31(21-52)50-39(60)30(18-23-8-4-3-5-9-23)49-37(58)28(15-16-32(44)54)47-36(57)27(10-6-7-17-42)46-38(59)29(19-24-11-13-25(53)14-12-24)48-35(56)26(43)20-33(45)55/h3-5,8-9,11-14,22,26-31,34,52-53H,6-7,10,15-21,42-43H2,1-2H3,(H2,44,54)(H2,45,55)(H,46,59)(H,47,57)(H,48,56)(H,49,58)(H,50,60)(H,51,61)(H,62,63)/p+1/t26-,27-,28-,29-,30-,31-,34-/m0/s1. The maximum atomic E-state index is 14.0. The average molecular weight is 886 g/mol. The molecule has 7 atom stereocenters. The van der Waals surface area contributed by atoms with Crippen molar-refractivity contribution in [1.82, 2.24) is 31.9 Å². The normalized spacial score (nSPS) is 14.3. The van der Waals surface area contributed by atoms with Gasteiger partial charge >= 0.3 is 5.97 Å². The predicted octanol–water partition coefficient (Wildman–Crippen LogP) is -4.30. The van der Waals surface area contributed by atoms with Crippen LogP contribution in [0.5, 0.6) is 5.75 Å². The summed E-state index contributed by atoms with van der Waals surface area (Å²) in [6.07, 6.45) is -0.718. The van der Waals surface area contributed by atoms with Crippen LogP contribution in [0.2, 0.25) is 0 Å². The van der Waals surface area contributed by atoms with Crippen LogP contribution in [0.3, 0.4) is 0 Å². The van der Waals surface area contributed by atoms with Crippen molar-refractivity contribution < 1.29 is 64.2 Å². The number of quaternary nitrogens is 1. The second-order valence-electron chi connectivity index (χ2n) is 15.2. The number of aliphatic carboxylic acids is 1. The summed E-state index contributed by atoms with van der Waals surface area (Å²) in [4.78, 5) is 117. The van der Waals surface area contributed by atoms with E-state index in [0.29, 0.717) is 30.5 Å². The topological polar surface area (TPSA) is 392 Å². The molecule has 0 saturated heterocycles. The first-order valence-corrected chi connectivity index (χ1v) is 20.3. The summed E-state index contributed by atoms with van der Waals surface area (Å²) in [6.45, 7) is 2.63. The third kappa shape index (κ3) is 18.9. The van der Waals surface area contributed by atoms with E-state index in [-0.39, 0.29) is 31.4 Å². The summed E-state index contributed by atoms with van der Waals surface area (Å²) in [7, 11) is 0. The zero-order valence-corrected chi connectivity index (χ0v) is 35.3. The van der Waals surface area contributed by atoms with Crippen LogP contribution in [0.25, 0.3) is 0 Å². The summed E-state index contributed by atoms with van der Waals surface area (Å²) in [5, 5.41) is 44.1. The minimum atomic E-state index is -1.64. The minimum Gasteiger partial charge on any atom is -0.508 e. The summed E-state index contributed by atoms with van der Waals surface area (Å²) in [5.74, 6) is -9.25. The number of carbonyl (C=O) groups excluding carboxylic acids is 8. The highest BCUT2D eigenvalue weighted by Gasteiger charge is 2.34. The Bertz CT molecular complexity index is 1880. The largest absolute Gasteiger partial charge is 0.508 e. The molecule has 2 aromatic carbocycles. The number of phenols is 1. The number of carboxylic acids is 1. The van der Waals surface area contributed by atoms with E-state index < -0.39 is 121 Å². The molecule has 63 heavy (non-hydrogen) atoms. The van der Waals surface area contributed by atoms with Gasteiger partial charge in [0.05, 0.1) is 25.6 Å². The molecule has 0 aromatic heterocycles. The Morgan fingerprint density at radius 2 is 1.06 bits per heavy atom. The maximum Gasteiger partial charge on any atom is 0.326 e. The van der Waals surface area contributed by atoms with Gasteiger partial charge in [-0.3, -0.25) is 38.4 Å². The Morgan fingerprint density at radius 1 is 0.603 bits per heavy atom. The Hall–Kier alpha value is -6.65. The van der Waals surface area contributed by atoms with Gasteiger partial charge in [0.15, 0.2) is 0 Å². The fraction of sp³-hybridized carbons (Fsp3) is 0.488.